The van der Waals surface area contributed by atoms with E-state index in [1.807, 2.05) is 4.90 Å². The second-order valence-corrected chi connectivity index (χ2v) is 8.69. The van der Waals surface area contributed by atoms with Crippen LogP contribution in [-0.2, 0) is 14.3 Å². The van der Waals surface area contributed by atoms with Crippen molar-refractivity contribution >= 4 is 11.8 Å². The Morgan fingerprint density at radius 2 is 1.76 bits per heavy atom. The van der Waals surface area contributed by atoms with Gasteiger partial charge in [0.25, 0.3) is 0 Å². The van der Waals surface area contributed by atoms with Gasteiger partial charge < -0.3 is 15.0 Å². The minimum absolute atomic E-state index is 0.0228. The summed E-state index contributed by atoms with van der Waals surface area (Å²) in [5.74, 6) is 0.668. The van der Waals surface area contributed by atoms with E-state index >= 15 is 0 Å². The maximum Gasteiger partial charge on any atom is 0.225 e. The molecular formula is C20H32N2O3. The maximum atomic E-state index is 12.8. The minimum Gasteiger partial charge on any atom is -0.375 e. The first-order chi connectivity index (χ1) is 12.2. The van der Waals surface area contributed by atoms with E-state index in [1.54, 1.807) is 0 Å². The molecule has 2 aliphatic heterocycles. The fraction of sp³-hybridized carbons (Fsp3) is 0.900. The zero-order chi connectivity index (χ0) is 17.3. The lowest BCUT2D eigenvalue weighted by atomic mass is 9.78. The van der Waals surface area contributed by atoms with Crippen molar-refractivity contribution in [1.82, 2.24) is 10.2 Å². The monoisotopic (exact) mass is 348 g/mol. The van der Waals surface area contributed by atoms with Crippen LogP contribution in [0.4, 0.5) is 0 Å². The van der Waals surface area contributed by atoms with Crippen LogP contribution in [0.3, 0.4) is 0 Å². The molecule has 5 heteroatoms. The molecule has 1 spiro atoms. The van der Waals surface area contributed by atoms with Crippen LogP contribution in [0.5, 0.6) is 0 Å². The molecule has 25 heavy (non-hydrogen) atoms. The van der Waals surface area contributed by atoms with Crippen LogP contribution in [0.1, 0.15) is 70.6 Å². The van der Waals surface area contributed by atoms with Crippen LogP contribution in [0, 0.1) is 11.8 Å². The molecule has 1 N–H and O–H groups in total. The van der Waals surface area contributed by atoms with Gasteiger partial charge in [-0.05, 0) is 51.4 Å². The molecule has 0 unspecified atom stereocenters. The van der Waals surface area contributed by atoms with E-state index in [0.29, 0.717) is 6.54 Å². The van der Waals surface area contributed by atoms with E-state index in [2.05, 4.69) is 5.32 Å². The van der Waals surface area contributed by atoms with Crippen LogP contribution in [-0.4, -0.2) is 48.1 Å². The first kappa shape index (κ1) is 17.3. The van der Waals surface area contributed by atoms with Gasteiger partial charge in [0.2, 0.25) is 11.8 Å². The van der Waals surface area contributed by atoms with Gasteiger partial charge in [-0.1, -0.05) is 19.3 Å². The van der Waals surface area contributed by atoms with Gasteiger partial charge in [-0.25, -0.2) is 0 Å². The number of carbonyl (C=O) groups is 2. The van der Waals surface area contributed by atoms with Gasteiger partial charge in [-0.15, -0.1) is 0 Å². The van der Waals surface area contributed by atoms with Gasteiger partial charge in [-0.2, -0.15) is 0 Å². The lowest BCUT2D eigenvalue weighted by Crippen LogP contribution is -2.52. The SMILES string of the molecule is O=C(N[C@@H]1CCOC2(CCCCC2)C1)[C@@H]1CCCN(C(=O)C2CC2)C1. The standard InChI is InChI=1S/C20H32N2O3/c23-18(16-5-4-11-22(14-16)19(24)15-6-7-15)21-17-8-12-25-20(13-17)9-2-1-3-10-20/h15-17H,1-14H2,(H,21,23)/t16-,17-/m1/s1. The Morgan fingerprint density at radius 3 is 2.52 bits per heavy atom. The van der Waals surface area contributed by atoms with Crippen LogP contribution >= 0.6 is 0 Å². The van der Waals surface area contributed by atoms with Crippen molar-refractivity contribution in [2.75, 3.05) is 19.7 Å². The number of hydrogen-bond acceptors (Lipinski definition) is 3. The molecule has 4 aliphatic rings. The molecule has 2 saturated carbocycles. The molecule has 4 rings (SSSR count). The number of carbonyl (C=O) groups excluding carboxylic acids is 2. The zero-order valence-corrected chi connectivity index (χ0v) is 15.3. The van der Waals surface area contributed by atoms with Crippen molar-refractivity contribution < 1.29 is 14.3 Å². The molecule has 4 fully saturated rings. The Kier molecular flexibility index (Phi) is 5.03. The number of ether oxygens (including phenoxy) is 1. The lowest BCUT2D eigenvalue weighted by molar-refractivity contribution is -0.138. The topological polar surface area (TPSA) is 58.6 Å². The third-order valence-corrected chi connectivity index (χ3v) is 6.63. The van der Waals surface area contributed by atoms with Crippen molar-refractivity contribution in [2.24, 2.45) is 11.8 Å². The molecule has 0 aromatic rings. The summed E-state index contributed by atoms with van der Waals surface area (Å²) in [7, 11) is 0. The second kappa shape index (κ2) is 7.26. The van der Waals surface area contributed by atoms with Crippen LogP contribution < -0.4 is 5.32 Å². The third-order valence-electron chi connectivity index (χ3n) is 6.63. The molecule has 2 saturated heterocycles. The summed E-state index contributed by atoms with van der Waals surface area (Å²) >= 11 is 0. The Morgan fingerprint density at radius 1 is 0.960 bits per heavy atom. The second-order valence-electron chi connectivity index (χ2n) is 8.69. The molecule has 2 aliphatic carbocycles. The number of nitrogens with one attached hydrogen (secondary N) is 1. The molecule has 2 atom stereocenters. The van der Waals surface area contributed by atoms with Gasteiger partial charge in [0.05, 0.1) is 11.5 Å². The van der Waals surface area contributed by atoms with E-state index in [9.17, 15) is 9.59 Å². The largest absolute Gasteiger partial charge is 0.375 e. The predicted molar refractivity (Wildman–Crippen MR) is 95.0 cm³/mol. The number of likely N-dealkylation sites (tertiary alicyclic amines) is 1. The van der Waals surface area contributed by atoms with Crippen LogP contribution in [0.2, 0.25) is 0 Å². The molecular weight excluding hydrogens is 316 g/mol. The fourth-order valence-electron chi connectivity index (χ4n) is 4.99. The molecule has 0 aromatic heterocycles. The average Bonchev–Trinajstić information content (AvgIpc) is 3.47. The highest BCUT2D eigenvalue weighted by molar-refractivity contribution is 5.83. The van der Waals surface area contributed by atoms with E-state index in [1.165, 1.54) is 19.3 Å². The first-order valence-electron chi connectivity index (χ1n) is 10.4. The summed E-state index contributed by atoms with van der Waals surface area (Å²) in [4.78, 5) is 27.0. The van der Waals surface area contributed by atoms with Gasteiger partial charge in [0.1, 0.15) is 0 Å². The number of amides is 2. The fourth-order valence-corrected chi connectivity index (χ4v) is 4.99. The molecule has 0 aromatic carbocycles. The van der Waals surface area contributed by atoms with Crippen molar-refractivity contribution in [3.63, 3.8) is 0 Å². The lowest BCUT2D eigenvalue weighted by Gasteiger charge is -2.44. The zero-order valence-electron chi connectivity index (χ0n) is 15.3. The highest BCUT2D eigenvalue weighted by Crippen LogP contribution is 2.38. The van der Waals surface area contributed by atoms with Crippen molar-refractivity contribution in [2.45, 2.75) is 82.3 Å². The first-order valence-corrected chi connectivity index (χ1v) is 10.4. The van der Waals surface area contributed by atoms with E-state index in [0.717, 1.165) is 64.5 Å². The molecule has 2 heterocycles. The number of hydrogen-bond donors (Lipinski definition) is 1. The van der Waals surface area contributed by atoms with E-state index < -0.39 is 0 Å². The van der Waals surface area contributed by atoms with Crippen molar-refractivity contribution in [3.8, 4) is 0 Å². The van der Waals surface area contributed by atoms with Crippen molar-refractivity contribution in [3.05, 3.63) is 0 Å². The summed E-state index contributed by atoms with van der Waals surface area (Å²) in [6.07, 6.45) is 11.9. The van der Waals surface area contributed by atoms with Gasteiger partial charge >= 0.3 is 0 Å². The summed E-state index contributed by atoms with van der Waals surface area (Å²) in [6, 6.07) is 0.244. The Balaban J connectivity index is 1.30. The van der Waals surface area contributed by atoms with Gasteiger partial charge in [0, 0.05) is 31.7 Å². The van der Waals surface area contributed by atoms with Crippen LogP contribution in [0.25, 0.3) is 0 Å². The minimum atomic E-state index is -0.0263. The normalized spacial score (nSPS) is 32.4. The number of rotatable bonds is 3. The average molecular weight is 348 g/mol. The smallest absolute Gasteiger partial charge is 0.225 e. The molecule has 0 radical (unpaired) electrons. The summed E-state index contributed by atoms with van der Waals surface area (Å²) < 4.78 is 6.14. The van der Waals surface area contributed by atoms with E-state index in [-0.39, 0.29) is 35.3 Å². The van der Waals surface area contributed by atoms with E-state index in [4.69, 9.17) is 4.74 Å². The maximum absolute atomic E-state index is 12.8. The molecule has 5 nitrogen and oxygen atoms in total. The molecule has 2 amide bonds. The summed E-state index contributed by atoms with van der Waals surface area (Å²) in [5, 5.41) is 3.31. The summed E-state index contributed by atoms with van der Waals surface area (Å²) in [5.41, 5.74) is 0.0228. The quantitative estimate of drug-likeness (QED) is 0.853. The summed E-state index contributed by atoms with van der Waals surface area (Å²) in [6.45, 7) is 2.22. The Bertz CT molecular complexity index is 506. The highest BCUT2D eigenvalue weighted by Gasteiger charge is 2.40. The predicted octanol–water partition coefficient (Wildman–Crippen LogP) is 2.63. The highest BCUT2D eigenvalue weighted by atomic mass is 16.5. The molecule has 0 bridgehead atoms. The van der Waals surface area contributed by atoms with Gasteiger partial charge in [-0.3, -0.25) is 9.59 Å². The van der Waals surface area contributed by atoms with Gasteiger partial charge in [0.15, 0.2) is 0 Å². The molecule has 140 valence electrons. The Labute approximate surface area is 150 Å². The number of nitrogens with zero attached hydrogens (tertiary/aromatic N) is 1. The number of piperidine rings is 1. The Hall–Kier alpha value is -1.10. The van der Waals surface area contributed by atoms with Crippen molar-refractivity contribution in [1.29, 1.82) is 0 Å². The van der Waals surface area contributed by atoms with Crippen LogP contribution in [0.15, 0.2) is 0 Å². The third kappa shape index (κ3) is 4.02.